The molecule has 0 amide bonds. The highest BCUT2D eigenvalue weighted by Gasteiger charge is 2.17. The Hall–Kier alpha value is -5.60. The lowest BCUT2D eigenvalue weighted by atomic mass is 9.87. The monoisotopic (exact) mass is 562 g/mol. The molecule has 7 rings (SSSR count). The molecule has 5 aromatic carbocycles. The van der Waals surface area contributed by atoms with E-state index in [4.69, 9.17) is 27.8 Å². The minimum atomic E-state index is -0.350. The van der Waals surface area contributed by atoms with Crippen LogP contribution in [-0.4, -0.2) is 15.0 Å². The van der Waals surface area contributed by atoms with Crippen molar-refractivity contribution in [2.45, 2.75) is 26.2 Å². The number of furan rings is 1. The topological polar surface area (TPSA) is 56.2 Å². The zero-order chi connectivity index (χ0) is 34.8. The van der Waals surface area contributed by atoms with Gasteiger partial charge in [-0.15, -0.1) is 0 Å². The zero-order valence-electron chi connectivity index (χ0n) is 29.7. The molecule has 7 aromatic rings. The standard InChI is InChI=1S/C38H28N4O/c1-38(2,3)29-16-10-25(11-17-29)35-40-36(26-12-18-30(39-4)19-13-26)42-37(41-35)28-14-20-31-32-22-27(24-8-6-5-7-9-24)15-21-33(32)43-34(31)23-28/h5-23H,1-3H3/i14D,15D,20D,21D,22D,23D. The van der Waals surface area contributed by atoms with Gasteiger partial charge in [0.25, 0.3) is 0 Å². The molecule has 0 unspecified atom stereocenters. The van der Waals surface area contributed by atoms with Gasteiger partial charge in [-0.25, -0.2) is 19.8 Å². The van der Waals surface area contributed by atoms with Gasteiger partial charge >= 0.3 is 0 Å². The SMILES string of the molecule is [2H]c1c(-c2ccccc2)c([2H])c2c(oc3c([2H])c(-c4nc(-c5ccc([N+]#[C-])cc5)nc(-c5ccc(C(C)(C)C)cc5)n4)c([2H])c([2H])c32)c1[2H]. The van der Waals surface area contributed by atoms with Crippen molar-refractivity contribution in [3.63, 3.8) is 0 Å². The van der Waals surface area contributed by atoms with Gasteiger partial charge in [0.2, 0.25) is 0 Å². The van der Waals surface area contributed by atoms with Crippen molar-refractivity contribution in [3.8, 4) is 45.3 Å². The predicted molar refractivity (Wildman–Crippen MR) is 174 cm³/mol. The highest BCUT2D eigenvalue weighted by molar-refractivity contribution is 6.07. The summed E-state index contributed by atoms with van der Waals surface area (Å²) in [4.78, 5) is 17.6. The molecule has 5 heteroatoms. The van der Waals surface area contributed by atoms with E-state index in [0.717, 1.165) is 5.56 Å². The molecule has 0 atom stereocenters. The number of aromatic nitrogens is 3. The maximum absolute atomic E-state index is 9.26. The van der Waals surface area contributed by atoms with E-state index < -0.39 is 0 Å². The van der Waals surface area contributed by atoms with Gasteiger partial charge in [-0.1, -0.05) is 112 Å². The Kier molecular flexibility index (Phi) is 4.89. The summed E-state index contributed by atoms with van der Waals surface area (Å²) < 4.78 is 60.1. The summed E-state index contributed by atoms with van der Waals surface area (Å²) >= 11 is 0. The fourth-order valence-electron chi connectivity index (χ4n) is 4.80. The molecular weight excluding hydrogens is 528 g/mol. The maximum atomic E-state index is 9.26. The molecule has 0 spiro atoms. The van der Waals surface area contributed by atoms with Crippen molar-refractivity contribution in [3.05, 3.63) is 132 Å². The maximum Gasteiger partial charge on any atom is 0.187 e. The first kappa shape index (κ1) is 20.3. The third-order valence-electron chi connectivity index (χ3n) is 7.20. The van der Waals surface area contributed by atoms with E-state index in [1.54, 1.807) is 48.5 Å². The van der Waals surface area contributed by atoms with E-state index in [1.807, 2.05) is 30.3 Å². The number of hydrogen-bond acceptors (Lipinski definition) is 4. The van der Waals surface area contributed by atoms with Crippen LogP contribution >= 0.6 is 0 Å². The average molecular weight is 563 g/mol. The van der Waals surface area contributed by atoms with Crippen LogP contribution < -0.4 is 0 Å². The molecule has 5 nitrogen and oxygen atoms in total. The second-order valence-electron chi connectivity index (χ2n) is 11.2. The zero-order valence-corrected chi connectivity index (χ0v) is 23.7. The third-order valence-corrected chi connectivity index (χ3v) is 7.20. The van der Waals surface area contributed by atoms with E-state index in [-0.39, 0.29) is 92.2 Å². The lowest BCUT2D eigenvalue weighted by molar-refractivity contribution is 0.590. The minimum Gasteiger partial charge on any atom is -0.456 e. The van der Waals surface area contributed by atoms with E-state index in [0.29, 0.717) is 22.4 Å². The average Bonchev–Trinajstić information content (AvgIpc) is 3.52. The molecule has 0 aliphatic rings. The highest BCUT2D eigenvalue weighted by Crippen LogP contribution is 2.35. The van der Waals surface area contributed by atoms with E-state index in [2.05, 4.69) is 30.6 Å². The quantitative estimate of drug-likeness (QED) is 0.200. The van der Waals surface area contributed by atoms with Crippen LogP contribution in [0.5, 0.6) is 0 Å². The number of rotatable bonds is 4. The molecule has 0 bridgehead atoms. The molecule has 0 fully saturated rings. The number of hydrogen-bond donors (Lipinski definition) is 0. The highest BCUT2D eigenvalue weighted by atomic mass is 16.3. The van der Waals surface area contributed by atoms with Crippen molar-refractivity contribution in [1.29, 1.82) is 0 Å². The lowest BCUT2D eigenvalue weighted by Crippen LogP contribution is -2.10. The Bertz CT molecular complexity index is 2480. The largest absolute Gasteiger partial charge is 0.456 e. The first-order valence-corrected chi connectivity index (χ1v) is 13.8. The fourth-order valence-corrected chi connectivity index (χ4v) is 4.80. The van der Waals surface area contributed by atoms with Gasteiger partial charge in [0.05, 0.1) is 14.8 Å². The second kappa shape index (κ2) is 10.3. The van der Waals surface area contributed by atoms with Gasteiger partial charge in [-0.2, -0.15) is 0 Å². The van der Waals surface area contributed by atoms with Crippen LogP contribution in [0.3, 0.4) is 0 Å². The van der Waals surface area contributed by atoms with Crippen LogP contribution in [0.4, 0.5) is 5.69 Å². The van der Waals surface area contributed by atoms with Crippen molar-refractivity contribution < 1.29 is 12.6 Å². The number of benzene rings is 5. The van der Waals surface area contributed by atoms with Crippen molar-refractivity contribution >= 4 is 27.6 Å². The number of fused-ring (bicyclic) bond motifs is 3. The smallest absolute Gasteiger partial charge is 0.187 e. The molecule has 206 valence electrons. The predicted octanol–water partition coefficient (Wildman–Crippen LogP) is 10.3. The van der Waals surface area contributed by atoms with Gasteiger partial charge in [0.1, 0.15) is 11.2 Å². The van der Waals surface area contributed by atoms with Crippen LogP contribution in [0.25, 0.3) is 72.1 Å². The van der Waals surface area contributed by atoms with Crippen molar-refractivity contribution in [1.82, 2.24) is 15.0 Å². The van der Waals surface area contributed by atoms with Gasteiger partial charge in [-0.3, -0.25) is 0 Å². The molecular formula is C38H28N4O. The molecule has 2 aromatic heterocycles. The van der Waals surface area contributed by atoms with Crippen LogP contribution in [0.2, 0.25) is 0 Å². The third kappa shape index (κ3) is 5.05. The van der Waals surface area contributed by atoms with Crippen LogP contribution in [0, 0.1) is 6.57 Å². The van der Waals surface area contributed by atoms with Gasteiger partial charge in [-0.05, 0) is 46.3 Å². The van der Waals surface area contributed by atoms with Gasteiger partial charge in [0.15, 0.2) is 23.2 Å². The van der Waals surface area contributed by atoms with E-state index >= 15 is 0 Å². The summed E-state index contributed by atoms with van der Waals surface area (Å²) in [6.45, 7) is 13.7. The molecule has 2 heterocycles. The molecule has 43 heavy (non-hydrogen) atoms. The van der Waals surface area contributed by atoms with Crippen molar-refractivity contribution in [2.75, 3.05) is 0 Å². The molecule has 0 N–H and O–H groups in total. The first-order chi connectivity index (χ1) is 23.4. The van der Waals surface area contributed by atoms with E-state index in [1.165, 1.54) is 0 Å². The van der Waals surface area contributed by atoms with Crippen LogP contribution in [0.15, 0.2) is 120 Å². The molecule has 0 aliphatic carbocycles. The van der Waals surface area contributed by atoms with Crippen LogP contribution in [-0.2, 0) is 5.41 Å². The lowest BCUT2D eigenvalue weighted by Gasteiger charge is -2.19. The summed E-state index contributed by atoms with van der Waals surface area (Å²) in [6, 6.07) is 21.8. The van der Waals surface area contributed by atoms with E-state index in [9.17, 15) is 1.37 Å². The first-order valence-electron chi connectivity index (χ1n) is 16.8. The Morgan fingerprint density at radius 3 is 1.84 bits per heavy atom. The Morgan fingerprint density at radius 1 is 0.605 bits per heavy atom. The van der Waals surface area contributed by atoms with Crippen LogP contribution in [0.1, 0.15) is 34.6 Å². The molecule has 0 saturated carbocycles. The molecule has 0 aliphatic heterocycles. The second-order valence-corrected chi connectivity index (χ2v) is 11.2. The fraction of sp³-hybridized carbons (Fsp3) is 0.105. The Morgan fingerprint density at radius 2 is 1.21 bits per heavy atom. The normalized spacial score (nSPS) is 13.5. The Labute approximate surface area is 258 Å². The summed E-state index contributed by atoms with van der Waals surface area (Å²) in [5, 5.41) is 0.149. The van der Waals surface area contributed by atoms with Crippen molar-refractivity contribution in [2.24, 2.45) is 0 Å². The molecule has 0 saturated heterocycles. The Balaban J connectivity index is 1.50. The summed E-state index contributed by atoms with van der Waals surface area (Å²) in [6.07, 6.45) is 0. The van der Waals surface area contributed by atoms with Gasteiger partial charge in [0, 0.05) is 27.5 Å². The minimum absolute atomic E-state index is 0.0247. The summed E-state index contributed by atoms with van der Waals surface area (Å²) in [7, 11) is 0. The summed E-state index contributed by atoms with van der Waals surface area (Å²) in [5.41, 5.74) is 3.25. The summed E-state index contributed by atoms with van der Waals surface area (Å²) in [5.74, 6) is 0.515. The van der Waals surface area contributed by atoms with Gasteiger partial charge < -0.3 is 4.42 Å². The number of nitrogens with zero attached hydrogens (tertiary/aromatic N) is 4. The molecule has 0 radical (unpaired) electrons.